The van der Waals surface area contributed by atoms with Crippen molar-refractivity contribution in [2.24, 2.45) is 0 Å². The van der Waals surface area contributed by atoms with Gasteiger partial charge in [0.2, 0.25) is 6.71 Å². The van der Waals surface area contributed by atoms with Crippen LogP contribution in [0, 0.1) is 12.1 Å². The van der Waals surface area contributed by atoms with E-state index in [0.29, 0.717) is 0 Å². The maximum atomic E-state index is 6.66. The number of fused-ring (bicyclic) bond motifs is 14. The van der Waals surface area contributed by atoms with Gasteiger partial charge in [0.1, 0.15) is 46.1 Å². The predicted octanol–water partition coefficient (Wildman–Crippen LogP) is 14.1. The SMILES string of the molecule is CC(C)(C)c1ccnc(-c2[c-]c3c(cc2)Oc2cccc4c2B3c2[c-]c3c(cc2O4)c2ccccc2n3-c2ccccn2)c1.CC(C)(C)c1ccnc(-c2ccc3c(c2)B2c4cc5c(cc4Oc4cccc(c42)O3)c2ccccc2n5-c2ccccn2)c1.[Pt+2]. The molecular formula is C76H54B2N6O4Pt. The summed E-state index contributed by atoms with van der Waals surface area (Å²) < 4.78 is 30.7. The zero-order chi connectivity index (χ0) is 59.2. The molecular weight excluding hydrogens is 1280 g/mol. The normalized spacial score (nSPS) is 13.1. The Morgan fingerprint density at radius 1 is 0.371 bits per heavy atom. The number of hydrogen-bond donors (Lipinski definition) is 0. The summed E-state index contributed by atoms with van der Waals surface area (Å²) in [5.41, 5.74) is 16.8. The molecule has 0 saturated carbocycles. The molecule has 0 atom stereocenters. The third-order valence-electron chi connectivity index (χ3n) is 17.7. The molecule has 0 spiro atoms. The second kappa shape index (κ2) is 20.5. The van der Waals surface area contributed by atoms with Gasteiger partial charge in [-0.25, -0.2) is 9.97 Å². The maximum Gasteiger partial charge on any atom is 2.00 e. The van der Waals surface area contributed by atoms with E-state index >= 15 is 0 Å². The van der Waals surface area contributed by atoms with Crippen LogP contribution in [0.3, 0.4) is 0 Å². The molecule has 0 bridgehead atoms. The number of benzene rings is 8. The van der Waals surface area contributed by atoms with Gasteiger partial charge in [0, 0.05) is 63.5 Å². The fraction of sp³-hybridized carbons (Fsp3) is 0.105. The zero-order valence-corrected chi connectivity index (χ0v) is 51.8. The first-order chi connectivity index (χ1) is 42.9. The molecule has 0 aliphatic carbocycles. The molecule has 13 heteroatoms. The van der Waals surface area contributed by atoms with E-state index in [1.54, 1.807) is 0 Å². The van der Waals surface area contributed by atoms with E-state index in [4.69, 9.17) is 38.9 Å². The van der Waals surface area contributed by atoms with Crippen molar-refractivity contribution in [3.63, 3.8) is 0 Å². The van der Waals surface area contributed by atoms with Gasteiger partial charge < -0.3 is 28.5 Å². The van der Waals surface area contributed by atoms with E-state index in [0.717, 1.165) is 151 Å². The standard InChI is InChI=1S/C38H28BN3O2.C38H26BN3O2.Pt/c2*1-38(2,3)24-16-18-40-29(20-24)23-14-15-32-27(19-23)39-28-22-31-26(21-35(28)44-34-12-8-11-33(43-32)37(34)39)25-9-4-5-10-30(25)42(31)36-13-6-7-17-41-36;/h4-22H,1-3H3;4-18,20-21H,1-3H3;/q;-2;+2. The van der Waals surface area contributed by atoms with E-state index in [1.165, 1.54) is 16.5 Å². The maximum absolute atomic E-state index is 6.66. The summed E-state index contributed by atoms with van der Waals surface area (Å²) in [6, 6.07) is 74.4. The third kappa shape index (κ3) is 8.81. The van der Waals surface area contributed by atoms with Crippen molar-refractivity contribution in [3.8, 4) is 80.1 Å². The number of rotatable bonds is 4. The van der Waals surface area contributed by atoms with Gasteiger partial charge in [-0.3, -0.25) is 9.55 Å². The van der Waals surface area contributed by atoms with Gasteiger partial charge in [0.15, 0.2) is 0 Å². The van der Waals surface area contributed by atoms with Crippen molar-refractivity contribution in [3.05, 3.63) is 242 Å². The molecule has 18 rings (SSSR count). The third-order valence-corrected chi connectivity index (χ3v) is 17.7. The Morgan fingerprint density at radius 3 is 1.56 bits per heavy atom. The second-order valence-corrected chi connectivity index (χ2v) is 25.2. The monoisotopic (exact) mass is 1330 g/mol. The van der Waals surface area contributed by atoms with Crippen molar-refractivity contribution in [1.82, 2.24) is 29.1 Å². The molecule has 0 saturated heterocycles. The topological polar surface area (TPSA) is 98.3 Å². The van der Waals surface area contributed by atoms with Crippen molar-refractivity contribution in [2.75, 3.05) is 0 Å². The summed E-state index contributed by atoms with van der Waals surface area (Å²) in [6.07, 6.45) is 7.47. The van der Waals surface area contributed by atoms with Crippen LogP contribution in [0.2, 0.25) is 0 Å². The number of nitrogens with zero attached hydrogens (tertiary/aromatic N) is 6. The molecule has 10 nitrogen and oxygen atoms in total. The molecule has 6 aromatic heterocycles. The Hall–Kier alpha value is -10.0. The van der Waals surface area contributed by atoms with Crippen LogP contribution >= 0.6 is 0 Å². The van der Waals surface area contributed by atoms with E-state index in [-0.39, 0.29) is 45.3 Å². The van der Waals surface area contributed by atoms with Crippen LogP contribution in [-0.4, -0.2) is 42.5 Å². The first kappa shape index (κ1) is 54.4. The van der Waals surface area contributed by atoms with Crippen molar-refractivity contribution in [1.29, 1.82) is 0 Å². The minimum atomic E-state index is -0.181. The van der Waals surface area contributed by atoms with Crippen LogP contribution in [0.5, 0.6) is 46.0 Å². The average Bonchev–Trinajstić information content (AvgIpc) is 1.74. The van der Waals surface area contributed by atoms with Crippen LogP contribution in [0.1, 0.15) is 52.7 Å². The zero-order valence-electron chi connectivity index (χ0n) is 49.6. The van der Waals surface area contributed by atoms with Crippen LogP contribution in [0.4, 0.5) is 0 Å². The number of pyridine rings is 4. The largest absolute Gasteiger partial charge is 2.00 e. The quantitative estimate of drug-likeness (QED) is 0.127. The Morgan fingerprint density at radius 2 is 0.899 bits per heavy atom. The van der Waals surface area contributed by atoms with Crippen LogP contribution in [0.25, 0.3) is 77.8 Å². The van der Waals surface area contributed by atoms with Gasteiger partial charge in [0.25, 0.3) is 6.71 Å². The molecule has 428 valence electrons. The van der Waals surface area contributed by atoms with E-state index in [9.17, 15) is 0 Å². The van der Waals surface area contributed by atoms with Crippen molar-refractivity contribution < 1.29 is 40.0 Å². The summed E-state index contributed by atoms with van der Waals surface area (Å²) >= 11 is 0. The van der Waals surface area contributed by atoms with Gasteiger partial charge in [-0.1, -0.05) is 125 Å². The molecule has 0 unspecified atom stereocenters. The van der Waals surface area contributed by atoms with Gasteiger partial charge in [0.05, 0.1) is 16.7 Å². The summed E-state index contributed by atoms with van der Waals surface area (Å²) in [5.74, 6) is 8.26. The molecule has 10 heterocycles. The molecule has 0 N–H and O–H groups in total. The Bertz CT molecular complexity index is 4900. The first-order valence-corrected chi connectivity index (χ1v) is 29.9. The summed E-state index contributed by atoms with van der Waals surface area (Å²) in [5, 5.41) is 4.49. The fourth-order valence-corrected chi connectivity index (χ4v) is 13.4. The number of para-hydroxylation sites is 2. The van der Waals surface area contributed by atoms with Gasteiger partial charge >= 0.3 is 21.1 Å². The number of aromatic nitrogens is 6. The summed E-state index contributed by atoms with van der Waals surface area (Å²) in [4.78, 5) is 19.0. The van der Waals surface area contributed by atoms with Gasteiger partial charge in [-0.15, -0.1) is 40.8 Å². The van der Waals surface area contributed by atoms with E-state index in [1.807, 2.05) is 97.6 Å². The Balaban J connectivity index is 0.000000141. The smallest absolute Gasteiger partial charge is 0.518 e. The van der Waals surface area contributed by atoms with Gasteiger partial charge in [-0.2, -0.15) is 6.07 Å². The summed E-state index contributed by atoms with van der Waals surface area (Å²) in [6.45, 7) is 13.1. The van der Waals surface area contributed by atoms with E-state index in [2.05, 4.69) is 184 Å². The molecule has 8 aromatic carbocycles. The minimum absolute atomic E-state index is 0. The molecule has 0 amide bonds. The van der Waals surface area contributed by atoms with Crippen LogP contribution < -0.4 is 51.7 Å². The number of hydrogen-bond acceptors (Lipinski definition) is 8. The fourth-order valence-electron chi connectivity index (χ4n) is 13.4. The molecule has 89 heavy (non-hydrogen) atoms. The van der Waals surface area contributed by atoms with Crippen LogP contribution in [-0.2, 0) is 31.9 Å². The molecule has 14 aromatic rings. The molecule has 0 radical (unpaired) electrons. The van der Waals surface area contributed by atoms with Crippen molar-refractivity contribution in [2.45, 2.75) is 52.4 Å². The minimum Gasteiger partial charge on any atom is -0.518 e. The first-order valence-electron chi connectivity index (χ1n) is 29.9. The Labute approximate surface area is 530 Å². The van der Waals surface area contributed by atoms with E-state index < -0.39 is 0 Å². The second-order valence-electron chi connectivity index (χ2n) is 25.2. The Kier molecular flexibility index (Phi) is 12.6. The predicted molar refractivity (Wildman–Crippen MR) is 354 cm³/mol. The van der Waals surface area contributed by atoms with Crippen molar-refractivity contribution >= 4 is 89.8 Å². The summed E-state index contributed by atoms with van der Waals surface area (Å²) in [7, 11) is 0. The van der Waals surface area contributed by atoms with Crippen LogP contribution in [0.15, 0.2) is 219 Å². The van der Waals surface area contributed by atoms with Gasteiger partial charge in [-0.05, 0) is 153 Å². The average molecular weight is 1330 g/mol. The number of ether oxygens (including phenoxy) is 4. The molecule has 0 fully saturated rings. The molecule has 4 aliphatic heterocycles. The molecule has 4 aliphatic rings.